The van der Waals surface area contributed by atoms with Crippen LogP contribution in [0.5, 0.6) is 0 Å². The lowest BCUT2D eigenvalue weighted by molar-refractivity contribution is 0.102. The number of nitrogens with zero attached hydrogens (tertiary/aromatic N) is 1. The van der Waals surface area contributed by atoms with E-state index in [1.165, 1.54) is 24.3 Å². The van der Waals surface area contributed by atoms with Crippen molar-refractivity contribution >= 4 is 11.6 Å². The molecule has 1 heterocycles. The van der Waals surface area contributed by atoms with Crippen LogP contribution in [-0.4, -0.2) is 15.9 Å². The molecule has 2 N–H and O–H groups in total. The van der Waals surface area contributed by atoms with Gasteiger partial charge in [0.15, 0.2) is 0 Å². The standard InChI is InChI=1S/C16H12FN3O/c17-13-6-4-11(5-7-13)16(21)20-14-3-1-2-12(10-14)15-18-8-9-19-15/h1-10H,(H,18,19)(H,20,21). The number of hydrogen-bond donors (Lipinski definition) is 2. The number of aromatic nitrogens is 2. The average Bonchev–Trinajstić information content (AvgIpc) is 3.02. The molecule has 0 fully saturated rings. The molecule has 4 nitrogen and oxygen atoms in total. The lowest BCUT2D eigenvalue weighted by Gasteiger charge is -2.06. The fourth-order valence-electron chi connectivity index (χ4n) is 1.97. The van der Waals surface area contributed by atoms with E-state index in [-0.39, 0.29) is 11.7 Å². The number of amides is 1. The van der Waals surface area contributed by atoms with Gasteiger partial charge in [-0.05, 0) is 36.4 Å². The van der Waals surface area contributed by atoms with Crippen LogP contribution in [0.15, 0.2) is 60.9 Å². The fourth-order valence-corrected chi connectivity index (χ4v) is 1.97. The summed E-state index contributed by atoms with van der Waals surface area (Å²) >= 11 is 0. The second-order valence-corrected chi connectivity index (χ2v) is 4.48. The number of anilines is 1. The van der Waals surface area contributed by atoms with E-state index in [1.54, 1.807) is 18.5 Å². The average molecular weight is 281 g/mol. The van der Waals surface area contributed by atoms with Crippen molar-refractivity contribution in [2.45, 2.75) is 0 Å². The number of hydrogen-bond acceptors (Lipinski definition) is 2. The van der Waals surface area contributed by atoms with E-state index < -0.39 is 0 Å². The predicted molar refractivity (Wildman–Crippen MR) is 78.4 cm³/mol. The van der Waals surface area contributed by atoms with Gasteiger partial charge in [0.2, 0.25) is 0 Å². The summed E-state index contributed by atoms with van der Waals surface area (Å²) in [5.41, 5.74) is 1.93. The zero-order chi connectivity index (χ0) is 14.7. The van der Waals surface area contributed by atoms with Gasteiger partial charge in [-0.2, -0.15) is 0 Å². The Morgan fingerprint density at radius 2 is 1.95 bits per heavy atom. The number of aromatic amines is 1. The molecular weight excluding hydrogens is 269 g/mol. The first kappa shape index (κ1) is 13.1. The van der Waals surface area contributed by atoms with Crippen molar-refractivity contribution in [2.75, 3.05) is 5.32 Å². The molecule has 2 aromatic carbocycles. The maximum absolute atomic E-state index is 12.8. The molecule has 21 heavy (non-hydrogen) atoms. The van der Waals surface area contributed by atoms with Crippen LogP contribution in [0.3, 0.4) is 0 Å². The van der Waals surface area contributed by atoms with Gasteiger partial charge in [-0.25, -0.2) is 9.37 Å². The van der Waals surface area contributed by atoms with E-state index >= 15 is 0 Å². The third-order valence-electron chi connectivity index (χ3n) is 3.00. The molecule has 0 saturated heterocycles. The van der Waals surface area contributed by atoms with Crippen LogP contribution in [0, 0.1) is 5.82 Å². The molecular formula is C16H12FN3O. The van der Waals surface area contributed by atoms with Gasteiger partial charge in [0, 0.05) is 29.2 Å². The highest BCUT2D eigenvalue weighted by atomic mass is 19.1. The molecule has 3 aromatic rings. The number of halogens is 1. The first-order chi connectivity index (χ1) is 10.2. The highest BCUT2D eigenvalue weighted by Gasteiger charge is 2.07. The van der Waals surface area contributed by atoms with Gasteiger partial charge in [-0.1, -0.05) is 12.1 Å². The Balaban J connectivity index is 1.80. The van der Waals surface area contributed by atoms with Gasteiger partial charge in [-0.3, -0.25) is 4.79 Å². The minimum absolute atomic E-state index is 0.286. The largest absolute Gasteiger partial charge is 0.345 e. The maximum Gasteiger partial charge on any atom is 0.255 e. The number of imidazole rings is 1. The number of benzene rings is 2. The van der Waals surface area contributed by atoms with Crippen LogP contribution in [0.2, 0.25) is 0 Å². The van der Waals surface area contributed by atoms with Crippen molar-refractivity contribution in [3.8, 4) is 11.4 Å². The molecule has 0 atom stereocenters. The Morgan fingerprint density at radius 1 is 1.14 bits per heavy atom. The second-order valence-electron chi connectivity index (χ2n) is 4.48. The molecule has 0 aliphatic heterocycles. The van der Waals surface area contributed by atoms with Crippen LogP contribution in [-0.2, 0) is 0 Å². The quantitative estimate of drug-likeness (QED) is 0.772. The smallest absolute Gasteiger partial charge is 0.255 e. The topological polar surface area (TPSA) is 57.8 Å². The minimum Gasteiger partial charge on any atom is -0.345 e. The van der Waals surface area contributed by atoms with E-state index in [0.717, 1.165) is 11.4 Å². The lowest BCUT2D eigenvalue weighted by Crippen LogP contribution is -2.11. The monoisotopic (exact) mass is 281 g/mol. The molecule has 0 aliphatic carbocycles. The summed E-state index contributed by atoms with van der Waals surface area (Å²) in [4.78, 5) is 19.2. The van der Waals surface area contributed by atoms with Crippen LogP contribution in [0.25, 0.3) is 11.4 Å². The van der Waals surface area contributed by atoms with E-state index in [4.69, 9.17) is 0 Å². The van der Waals surface area contributed by atoms with Crippen molar-refractivity contribution in [1.82, 2.24) is 9.97 Å². The summed E-state index contributed by atoms with van der Waals surface area (Å²) in [6.45, 7) is 0. The van der Waals surface area contributed by atoms with Crippen molar-refractivity contribution < 1.29 is 9.18 Å². The molecule has 0 unspecified atom stereocenters. The van der Waals surface area contributed by atoms with Crippen molar-refractivity contribution in [3.05, 3.63) is 72.3 Å². The third kappa shape index (κ3) is 2.97. The zero-order valence-electron chi connectivity index (χ0n) is 11.0. The van der Waals surface area contributed by atoms with Gasteiger partial charge in [0.1, 0.15) is 11.6 Å². The summed E-state index contributed by atoms with van der Waals surface area (Å²) in [5.74, 6) is 0.0749. The summed E-state index contributed by atoms with van der Waals surface area (Å²) < 4.78 is 12.8. The van der Waals surface area contributed by atoms with Crippen LogP contribution in [0.4, 0.5) is 10.1 Å². The van der Waals surface area contributed by atoms with Crippen LogP contribution < -0.4 is 5.32 Å². The number of nitrogens with one attached hydrogen (secondary N) is 2. The first-order valence-electron chi connectivity index (χ1n) is 6.39. The summed E-state index contributed by atoms with van der Waals surface area (Å²) in [6, 6.07) is 12.7. The Kier molecular flexibility index (Phi) is 3.47. The zero-order valence-corrected chi connectivity index (χ0v) is 11.0. The molecule has 0 aliphatic rings. The SMILES string of the molecule is O=C(Nc1cccc(-c2ncc[nH]2)c1)c1ccc(F)cc1. The van der Waals surface area contributed by atoms with Crippen LogP contribution in [0.1, 0.15) is 10.4 Å². The molecule has 0 radical (unpaired) electrons. The Bertz CT molecular complexity index is 751. The molecule has 5 heteroatoms. The number of H-pyrrole nitrogens is 1. The maximum atomic E-state index is 12.8. The van der Waals surface area contributed by atoms with E-state index in [0.29, 0.717) is 11.3 Å². The molecule has 0 bridgehead atoms. The van der Waals surface area contributed by atoms with E-state index in [1.807, 2.05) is 18.2 Å². The summed E-state index contributed by atoms with van der Waals surface area (Å²) in [5, 5.41) is 2.78. The van der Waals surface area contributed by atoms with Gasteiger partial charge in [-0.15, -0.1) is 0 Å². The Labute approximate surface area is 120 Å². The molecule has 104 valence electrons. The molecule has 0 spiro atoms. The van der Waals surface area contributed by atoms with Crippen molar-refractivity contribution in [1.29, 1.82) is 0 Å². The van der Waals surface area contributed by atoms with Crippen LogP contribution >= 0.6 is 0 Å². The molecule has 1 amide bonds. The summed E-state index contributed by atoms with van der Waals surface area (Å²) in [7, 11) is 0. The van der Waals surface area contributed by atoms with E-state index in [9.17, 15) is 9.18 Å². The second kappa shape index (κ2) is 5.58. The van der Waals surface area contributed by atoms with E-state index in [2.05, 4.69) is 15.3 Å². The fraction of sp³-hybridized carbons (Fsp3) is 0. The number of rotatable bonds is 3. The molecule has 3 rings (SSSR count). The normalized spacial score (nSPS) is 10.3. The van der Waals surface area contributed by atoms with Gasteiger partial charge >= 0.3 is 0 Å². The Hall–Kier alpha value is -2.95. The first-order valence-corrected chi connectivity index (χ1v) is 6.39. The van der Waals surface area contributed by atoms with Gasteiger partial charge in [0.25, 0.3) is 5.91 Å². The highest BCUT2D eigenvalue weighted by Crippen LogP contribution is 2.19. The van der Waals surface area contributed by atoms with Gasteiger partial charge < -0.3 is 10.3 Å². The molecule has 0 saturated carbocycles. The number of carbonyl (C=O) groups is 1. The van der Waals surface area contributed by atoms with Crippen molar-refractivity contribution in [3.63, 3.8) is 0 Å². The van der Waals surface area contributed by atoms with Crippen molar-refractivity contribution in [2.24, 2.45) is 0 Å². The highest BCUT2D eigenvalue weighted by molar-refractivity contribution is 6.04. The number of carbonyl (C=O) groups excluding carboxylic acids is 1. The minimum atomic E-state index is -0.369. The van der Waals surface area contributed by atoms with Gasteiger partial charge in [0.05, 0.1) is 0 Å². The predicted octanol–water partition coefficient (Wildman–Crippen LogP) is 3.47. The summed E-state index contributed by atoms with van der Waals surface area (Å²) in [6.07, 6.45) is 3.40. The third-order valence-corrected chi connectivity index (χ3v) is 3.00. The molecule has 1 aromatic heterocycles. The Morgan fingerprint density at radius 3 is 2.67 bits per heavy atom. The lowest BCUT2D eigenvalue weighted by atomic mass is 10.1.